The topological polar surface area (TPSA) is 37.4 Å². The molecule has 0 saturated heterocycles. The molecular formula is C32H19NO2S. The van der Waals surface area contributed by atoms with Crippen molar-refractivity contribution in [3.05, 3.63) is 138 Å². The second kappa shape index (κ2) is 8.08. The van der Waals surface area contributed by atoms with E-state index in [1.807, 2.05) is 24.3 Å². The summed E-state index contributed by atoms with van der Waals surface area (Å²) in [6, 6.07) is 37.7. The number of para-hydroxylation sites is 3. The summed E-state index contributed by atoms with van der Waals surface area (Å²) in [6.07, 6.45) is 0. The van der Waals surface area contributed by atoms with Gasteiger partial charge in [0.25, 0.3) is 0 Å². The van der Waals surface area contributed by atoms with Crippen molar-refractivity contribution in [3.8, 4) is 11.1 Å². The normalized spacial score (nSPS) is 13.5. The lowest BCUT2D eigenvalue weighted by molar-refractivity contribution is 0.0979. The highest BCUT2D eigenvalue weighted by Gasteiger charge is 2.30. The fourth-order valence-electron chi connectivity index (χ4n) is 5.14. The average molecular weight is 482 g/mol. The van der Waals surface area contributed by atoms with Crippen LogP contribution in [0.1, 0.15) is 31.8 Å². The number of anilines is 3. The third kappa shape index (κ3) is 3.08. The van der Waals surface area contributed by atoms with Gasteiger partial charge >= 0.3 is 0 Å². The minimum Gasteiger partial charge on any atom is -0.308 e. The lowest BCUT2D eigenvalue weighted by Crippen LogP contribution is -2.20. The maximum atomic E-state index is 13.4. The van der Waals surface area contributed by atoms with E-state index < -0.39 is 0 Å². The minimum absolute atomic E-state index is 0.101. The Morgan fingerprint density at radius 1 is 0.444 bits per heavy atom. The van der Waals surface area contributed by atoms with Crippen molar-refractivity contribution < 1.29 is 9.59 Å². The first-order valence-electron chi connectivity index (χ1n) is 11.8. The van der Waals surface area contributed by atoms with E-state index in [1.54, 1.807) is 42.1 Å². The molecule has 170 valence electrons. The summed E-state index contributed by atoms with van der Waals surface area (Å²) >= 11 is 1.77. The van der Waals surface area contributed by atoms with E-state index >= 15 is 0 Å². The smallest absolute Gasteiger partial charge is 0.194 e. The Morgan fingerprint density at radius 3 is 1.56 bits per heavy atom. The molecule has 2 aliphatic rings. The number of carbonyl (C=O) groups is 2. The van der Waals surface area contributed by atoms with E-state index in [1.165, 1.54) is 9.79 Å². The molecule has 36 heavy (non-hydrogen) atoms. The molecule has 1 heterocycles. The molecule has 0 radical (unpaired) electrons. The van der Waals surface area contributed by atoms with Crippen LogP contribution in [0, 0.1) is 0 Å². The van der Waals surface area contributed by atoms with Crippen LogP contribution in [0.15, 0.2) is 125 Å². The lowest BCUT2D eigenvalue weighted by Gasteiger charge is -2.34. The van der Waals surface area contributed by atoms with Crippen LogP contribution in [0.25, 0.3) is 11.1 Å². The fraction of sp³-hybridized carbons (Fsp3) is 0. The second-order valence-corrected chi connectivity index (χ2v) is 9.94. The zero-order valence-electron chi connectivity index (χ0n) is 19.1. The third-order valence-corrected chi connectivity index (χ3v) is 7.94. The van der Waals surface area contributed by atoms with Crippen LogP contribution in [0.3, 0.4) is 0 Å². The number of hydrogen-bond donors (Lipinski definition) is 0. The van der Waals surface area contributed by atoms with Crippen molar-refractivity contribution in [2.24, 2.45) is 0 Å². The monoisotopic (exact) mass is 481 g/mol. The summed E-state index contributed by atoms with van der Waals surface area (Å²) in [4.78, 5) is 31.2. The predicted molar refractivity (Wildman–Crippen MR) is 144 cm³/mol. The van der Waals surface area contributed by atoms with E-state index in [0.29, 0.717) is 22.3 Å². The second-order valence-electron chi connectivity index (χ2n) is 8.85. The van der Waals surface area contributed by atoms with Gasteiger partial charge in [0.1, 0.15) is 0 Å². The molecule has 0 amide bonds. The van der Waals surface area contributed by atoms with Gasteiger partial charge in [0, 0.05) is 37.6 Å². The molecule has 0 fully saturated rings. The Kier molecular flexibility index (Phi) is 4.69. The van der Waals surface area contributed by atoms with Crippen LogP contribution in [-0.2, 0) is 0 Å². The molecule has 3 nitrogen and oxygen atoms in total. The van der Waals surface area contributed by atoms with E-state index in [-0.39, 0.29) is 11.6 Å². The summed E-state index contributed by atoms with van der Waals surface area (Å²) in [5.41, 5.74) is 7.02. The average Bonchev–Trinajstić information content (AvgIpc) is 2.94. The van der Waals surface area contributed by atoms with Gasteiger partial charge in [-0.3, -0.25) is 9.59 Å². The standard InChI is InChI=1S/C32H19NO2S/c34-31-22-10-1-2-11-23(22)32(35)25-19-20(17-18-24(25)31)21-9-3-4-12-26(21)33-27-13-5-7-15-29(27)36-30-16-8-6-14-28(30)33/h1-19H. The van der Waals surface area contributed by atoms with Crippen LogP contribution < -0.4 is 4.90 Å². The molecule has 1 aliphatic carbocycles. The van der Waals surface area contributed by atoms with Crippen molar-refractivity contribution in [2.45, 2.75) is 9.79 Å². The Hall–Kier alpha value is -4.41. The van der Waals surface area contributed by atoms with Gasteiger partial charge in [0.15, 0.2) is 11.6 Å². The van der Waals surface area contributed by atoms with Gasteiger partial charge in [0.2, 0.25) is 0 Å². The zero-order valence-corrected chi connectivity index (χ0v) is 20.0. The minimum atomic E-state index is -0.107. The van der Waals surface area contributed by atoms with Crippen LogP contribution >= 0.6 is 11.8 Å². The molecule has 5 aromatic rings. The Morgan fingerprint density at radius 2 is 0.917 bits per heavy atom. The van der Waals surface area contributed by atoms with Crippen LogP contribution in [0.5, 0.6) is 0 Å². The van der Waals surface area contributed by atoms with E-state index in [9.17, 15) is 9.59 Å². The molecule has 4 heteroatoms. The summed E-state index contributed by atoms with van der Waals surface area (Å²) in [5, 5.41) is 0. The number of rotatable bonds is 2. The summed E-state index contributed by atoms with van der Waals surface area (Å²) in [7, 11) is 0. The maximum absolute atomic E-state index is 13.4. The van der Waals surface area contributed by atoms with Crippen molar-refractivity contribution in [1.29, 1.82) is 0 Å². The van der Waals surface area contributed by atoms with Crippen molar-refractivity contribution in [2.75, 3.05) is 4.90 Å². The van der Waals surface area contributed by atoms with E-state index in [0.717, 1.165) is 28.2 Å². The number of ketones is 2. The van der Waals surface area contributed by atoms with Crippen molar-refractivity contribution in [3.63, 3.8) is 0 Å². The number of benzene rings is 5. The lowest BCUT2D eigenvalue weighted by atomic mass is 9.82. The van der Waals surface area contributed by atoms with E-state index in [2.05, 4.69) is 65.6 Å². The summed E-state index contributed by atoms with van der Waals surface area (Å²) < 4.78 is 0. The number of hydrogen-bond acceptors (Lipinski definition) is 4. The molecule has 0 unspecified atom stereocenters. The van der Waals surface area contributed by atoms with Gasteiger partial charge in [-0.05, 0) is 48.0 Å². The first-order valence-corrected chi connectivity index (χ1v) is 12.6. The Balaban J connectivity index is 1.42. The van der Waals surface area contributed by atoms with Gasteiger partial charge in [-0.15, -0.1) is 0 Å². The molecular weight excluding hydrogens is 462 g/mol. The Bertz CT molecular complexity index is 1680. The largest absolute Gasteiger partial charge is 0.308 e. The highest BCUT2D eigenvalue weighted by molar-refractivity contribution is 7.99. The Labute approximate surface area is 213 Å². The van der Waals surface area contributed by atoms with E-state index in [4.69, 9.17) is 0 Å². The van der Waals surface area contributed by atoms with Gasteiger partial charge in [0.05, 0.1) is 17.1 Å². The first kappa shape index (κ1) is 20.9. The maximum Gasteiger partial charge on any atom is 0.194 e. The zero-order chi connectivity index (χ0) is 24.2. The van der Waals surface area contributed by atoms with Crippen LogP contribution in [0.4, 0.5) is 17.1 Å². The van der Waals surface area contributed by atoms with Crippen LogP contribution in [0.2, 0.25) is 0 Å². The summed E-state index contributed by atoms with van der Waals surface area (Å²) in [5.74, 6) is -0.208. The highest BCUT2D eigenvalue weighted by atomic mass is 32.2. The highest BCUT2D eigenvalue weighted by Crippen LogP contribution is 2.52. The molecule has 0 bridgehead atoms. The summed E-state index contributed by atoms with van der Waals surface area (Å²) in [6.45, 7) is 0. The van der Waals surface area contributed by atoms with Crippen molar-refractivity contribution in [1.82, 2.24) is 0 Å². The fourth-order valence-corrected chi connectivity index (χ4v) is 6.20. The molecule has 0 spiro atoms. The number of fused-ring (bicyclic) bond motifs is 4. The van der Waals surface area contributed by atoms with Gasteiger partial charge in [-0.25, -0.2) is 0 Å². The van der Waals surface area contributed by atoms with Gasteiger partial charge < -0.3 is 4.90 Å². The number of carbonyl (C=O) groups excluding carboxylic acids is 2. The van der Waals surface area contributed by atoms with Gasteiger partial charge in [-0.1, -0.05) is 84.6 Å². The van der Waals surface area contributed by atoms with Gasteiger partial charge in [-0.2, -0.15) is 0 Å². The van der Waals surface area contributed by atoms with Crippen molar-refractivity contribution >= 4 is 40.4 Å². The number of nitrogens with zero attached hydrogens (tertiary/aromatic N) is 1. The quantitative estimate of drug-likeness (QED) is 0.250. The molecule has 7 rings (SSSR count). The molecule has 0 aromatic heterocycles. The SMILES string of the molecule is O=C1c2ccccc2C(=O)c2cc(-c3ccccc3N3c4ccccc4Sc4ccccc43)ccc21. The molecule has 0 atom stereocenters. The first-order chi connectivity index (χ1) is 17.7. The molecule has 1 aliphatic heterocycles. The molecule has 0 N–H and O–H groups in total. The molecule has 0 saturated carbocycles. The van der Waals surface area contributed by atoms with Crippen LogP contribution in [-0.4, -0.2) is 11.6 Å². The predicted octanol–water partition coefficient (Wildman–Crippen LogP) is 8.06. The third-order valence-electron chi connectivity index (χ3n) is 6.81. The molecule has 5 aromatic carbocycles.